The van der Waals surface area contributed by atoms with Gasteiger partial charge in [-0.25, -0.2) is 4.79 Å². The fourth-order valence-corrected chi connectivity index (χ4v) is 5.80. The van der Waals surface area contributed by atoms with Crippen LogP contribution < -0.4 is 0 Å². The Kier molecular flexibility index (Phi) is 15.0. The third-order valence-electron chi connectivity index (χ3n) is 9.15. The van der Waals surface area contributed by atoms with Crippen molar-refractivity contribution in [1.82, 2.24) is 0 Å². The summed E-state index contributed by atoms with van der Waals surface area (Å²) in [5, 5.41) is 135. The SMILES string of the molecule is C/C=C(\C)C(=O)OC[C@H]1O[C@H](O[C@H]2O[C@H](CO)[C@@H](O)[C@H](O)[C@H]2O[C@@H]2O[C@H](CO)[C@@H](O)[C@H](O)[C@H]2O)[C@H](O[C@@H]2O[C@H](CO)[C@@H](O)[C@H](O)[C@H]2O)[C@@H](O)[C@@H]1O. The van der Waals surface area contributed by atoms with E-state index in [2.05, 4.69) is 0 Å². The molecule has 4 aliphatic heterocycles. The molecule has 0 aliphatic carbocycles. The Labute approximate surface area is 290 Å². The number of hydrogen-bond donors (Lipinski definition) is 13. The number of carbonyl (C=O) groups excluding carboxylic acids is 1. The van der Waals surface area contributed by atoms with E-state index in [-0.39, 0.29) is 5.57 Å². The molecule has 296 valence electrons. The van der Waals surface area contributed by atoms with E-state index in [1.54, 1.807) is 6.92 Å². The second-order valence-corrected chi connectivity index (χ2v) is 12.5. The Hall–Kier alpha value is -1.59. The minimum atomic E-state index is -2.06. The summed E-state index contributed by atoms with van der Waals surface area (Å²) in [4.78, 5) is 12.3. The summed E-state index contributed by atoms with van der Waals surface area (Å²) in [6.45, 7) is -0.298. The summed E-state index contributed by atoms with van der Waals surface area (Å²) >= 11 is 0. The number of rotatable bonds is 12. The van der Waals surface area contributed by atoms with Crippen molar-refractivity contribution < 1.29 is 109 Å². The fourth-order valence-electron chi connectivity index (χ4n) is 5.80. The Morgan fingerprint density at radius 3 is 1.25 bits per heavy atom. The normalized spacial score (nSPS) is 48.3. The van der Waals surface area contributed by atoms with Gasteiger partial charge >= 0.3 is 5.97 Å². The van der Waals surface area contributed by atoms with Crippen LogP contribution in [-0.2, 0) is 42.7 Å². The molecule has 4 rings (SSSR count). The van der Waals surface area contributed by atoms with E-state index in [0.29, 0.717) is 0 Å². The Balaban J connectivity index is 1.65. The molecule has 22 heteroatoms. The number of hydrogen-bond acceptors (Lipinski definition) is 22. The Bertz CT molecular complexity index is 1140. The molecule has 4 fully saturated rings. The molecule has 0 unspecified atom stereocenters. The summed E-state index contributed by atoms with van der Waals surface area (Å²) in [6, 6.07) is 0. The topological polar surface area (TPSA) is 354 Å². The van der Waals surface area contributed by atoms with Gasteiger partial charge in [0.15, 0.2) is 25.2 Å². The summed E-state index contributed by atoms with van der Waals surface area (Å²) in [7, 11) is 0. The van der Waals surface area contributed by atoms with Crippen LogP contribution in [0.15, 0.2) is 11.6 Å². The molecule has 0 amide bonds. The van der Waals surface area contributed by atoms with Gasteiger partial charge in [-0.3, -0.25) is 0 Å². The molecule has 4 heterocycles. The largest absolute Gasteiger partial charge is 0.459 e. The maximum absolute atomic E-state index is 12.3. The number of ether oxygens (including phenoxy) is 8. The smallest absolute Gasteiger partial charge is 0.333 e. The summed E-state index contributed by atoms with van der Waals surface area (Å²) in [5.41, 5.74) is 0.184. The fraction of sp³-hybridized carbons (Fsp3) is 0.897. The van der Waals surface area contributed by atoms with Gasteiger partial charge in [0.05, 0.1) is 19.8 Å². The third-order valence-corrected chi connectivity index (χ3v) is 9.15. The molecule has 20 atom stereocenters. The molecule has 4 aliphatic rings. The molecule has 0 bridgehead atoms. The third kappa shape index (κ3) is 9.04. The van der Waals surface area contributed by atoms with Crippen LogP contribution >= 0.6 is 0 Å². The monoisotopic (exact) mass is 748 g/mol. The van der Waals surface area contributed by atoms with Crippen molar-refractivity contribution in [2.45, 2.75) is 137 Å². The lowest BCUT2D eigenvalue weighted by Crippen LogP contribution is -2.67. The van der Waals surface area contributed by atoms with E-state index in [9.17, 15) is 71.2 Å². The minimum absolute atomic E-state index is 0.184. The Morgan fingerprint density at radius 1 is 0.510 bits per heavy atom. The molecule has 0 aromatic heterocycles. The first-order valence-electron chi connectivity index (χ1n) is 16.1. The summed E-state index contributed by atoms with van der Waals surface area (Å²) < 4.78 is 44.5. The van der Waals surface area contributed by atoms with Crippen molar-refractivity contribution in [3.8, 4) is 0 Å². The lowest BCUT2D eigenvalue weighted by molar-refractivity contribution is -0.414. The number of aliphatic hydroxyl groups is 13. The maximum Gasteiger partial charge on any atom is 0.333 e. The molecule has 0 saturated carbocycles. The molecular weight excluding hydrogens is 700 g/mol. The molecular formula is C29H48O22. The molecule has 22 nitrogen and oxygen atoms in total. The van der Waals surface area contributed by atoms with Crippen LogP contribution in [0.5, 0.6) is 0 Å². The molecule has 13 N–H and O–H groups in total. The van der Waals surface area contributed by atoms with Crippen LogP contribution in [0.1, 0.15) is 13.8 Å². The highest BCUT2D eigenvalue weighted by atomic mass is 16.8. The highest BCUT2D eigenvalue weighted by Gasteiger charge is 2.55. The predicted molar refractivity (Wildman–Crippen MR) is 157 cm³/mol. The van der Waals surface area contributed by atoms with E-state index >= 15 is 0 Å². The number of allylic oxidation sites excluding steroid dienone is 1. The average molecular weight is 749 g/mol. The van der Waals surface area contributed by atoms with Gasteiger partial charge in [-0.05, 0) is 13.8 Å². The molecule has 0 radical (unpaired) electrons. The molecule has 0 aromatic carbocycles. The van der Waals surface area contributed by atoms with Crippen molar-refractivity contribution in [1.29, 1.82) is 0 Å². The molecule has 0 spiro atoms. The quantitative estimate of drug-likeness (QED) is 0.0651. The average Bonchev–Trinajstić information content (AvgIpc) is 3.12. The Morgan fingerprint density at radius 2 is 0.863 bits per heavy atom. The van der Waals surface area contributed by atoms with E-state index in [0.717, 1.165) is 0 Å². The standard InChI is InChI=1S/C29H48O22/c1-3-8(2)25(43)44-7-12-16(36)20(40)24(50-27-22(42)18(38)14(34)10(5-31)46-27)29(48-12)51-28-23(19(39)15(35)11(6-32)47-28)49-26-21(41)17(37)13(33)9(4-30)45-26/h3,9-24,26-42H,4-7H2,1-2H3/b8-3+/t9-,10-,11-,12-,13-,14-,15-,16-,17+,18+,19+,20+,21-,22-,23-,24-,26+,27+,28-,29-/m1/s1. The second-order valence-electron chi connectivity index (χ2n) is 12.5. The van der Waals surface area contributed by atoms with Crippen LogP contribution in [0.3, 0.4) is 0 Å². The number of carbonyl (C=O) groups is 1. The van der Waals surface area contributed by atoms with Crippen LogP contribution in [-0.4, -0.2) is 222 Å². The van der Waals surface area contributed by atoms with Gasteiger partial charge in [-0.2, -0.15) is 0 Å². The summed E-state index contributed by atoms with van der Waals surface area (Å²) in [5.74, 6) is -0.813. The van der Waals surface area contributed by atoms with Crippen molar-refractivity contribution in [2.75, 3.05) is 26.4 Å². The first-order chi connectivity index (χ1) is 24.1. The minimum Gasteiger partial charge on any atom is -0.459 e. The zero-order valence-corrected chi connectivity index (χ0v) is 27.4. The van der Waals surface area contributed by atoms with Gasteiger partial charge in [0, 0.05) is 5.57 Å². The molecule has 51 heavy (non-hydrogen) atoms. The van der Waals surface area contributed by atoms with Crippen LogP contribution in [0.2, 0.25) is 0 Å². The molecule has 4 saturated heterocycles. The number of aliphatic hydroxyl groups excluding tert-OH is 13. The zero-order chi connectivity index (χ0) is 37.9. The maximum atomic E-state index is 12.3. The van der Waals surface area contributed by atoms with E-state index < -0.39 is 155 Å². The van der Waals surface area contributed by atoms with Crippen molar-refractivity contribution >= 4 is 5.97 Å². The van der Waals surface area contributed by atoms with Crippen molar-refractivity contribution in [3.05, 3.63) is 11.6 Å². The van der Waals surface area contributed by atoms with Crippen LogP contribution in [0, 0.1) is 0 Å². The van der Waals surface area contributed by atoms with Gasteiger partial charge in [-0.1, -0.05) is 6.08 Å². The lowest BCUT2D eigenvalue weighted by Gasteiger charge is -2.49. The van der Waals surface area contributed by atoms with Crippen molar-refractivity contribution in [3.63, 3.8) is 0 Å². The molecule has 0 aromatic rings. The highest BCUT2D eigenvalue weighted by Crippen LogP contribution is 2.35. The van der Waals surface area contributed by atoms with Gasteiger partial charge < -0.3 is 104 Å². The van der Waals surface area contributed by atoms with Crippen LogP contribution in [0.4, 0.5) is 0 Å². The highest BCUT2D eigenvalue weighted by molar-refractivity contribution is 5.87. The van der Waals surface area contributed by atoms with Gasteiger partial charge in [-0.15, -0.1) is 0 Å². The summed E-state index contributed by atoms with van der Waals surface area (Å²) in [6.07, 6.45) is -35.7. The van der Waals surface area contributed by atoms with E-state index in [4.69, 9.17) is 37.9 Å². The van der Waals surface area contributed by atoms with E-state index in [1.165, 1.54) is 13.0 Å². The zero-order valence-electron chi connectivity index (χ0n) is 27.4. The first kappa shape index (κ1) is 42.2. The second kappa shape index (κ2) is 18.2. The number of esters is 1. The van der Waals surface area contributed by atoms with Crippen LogP contribution in [0.25, 0.3) is 0 Å². The predicted octanol–water partition coefficient (Wildman–Crippen LogP) is -8.23. The lowest BCUT2D eigenvalue weighted by atomic mass is 9.96. The van der Waals surface area contributed by atoms with Gasteiger partial charge in [0.2, 0.25) is 0 Å². The van der Waals surface area contributed by atoms with Gasteiger partial charge in [0.1, 0.15) is 104 Å². The van der Waals surface area contributed by atoms with Gasteiger partial charge in [0.25, 0.3) is 0 Å². The van der Waals surface area contributed by atoms with E-state index in [1.807, 2.05) is 0 Å². The first-order valence-corrected chi connectivity index (χ1v) is 16.1. The van der Waals surface area contributed by atoms with Crippen molar-refractivity contribution in [2.24, 2.45) is 0 Å².